The number of aromatic nitrogens is 2. The quantitative estimate of drug-likeness (QED) is 0.662. The van der Waals surface area contributed by atoms with E-state index in [2.05, 4.69) is 9.97 Å². The van der Waals surface area contributed by atoms with Crippen LogP contribution in [0.4, 0.5) is 4.79 Å². The molecule has 1 aliphatic heterocycles. The smallest absolute Gasteiger partial charge is 0.410 e. The highest BCUT2D eigenvalue weighted by atomic mass is 35.5. The molecule has 1 aliphatic rings. The van der Waals surface area contributed by atoms with Crippen LogP contribution >= 0.6 is 11.6 Å². The van der Waals surface area contributed by atoms with Gasteiger partial charge >= 0.3 is 6.09 Å². The fourth-order valence-electron chi connectivity index (χ4n) is 3.24. The molecule has 1 atom stereocenters. The topological polar surface area (TPSA) is 92.7 Å². The minimum atomic E-state index is -3.76. The lowest BCUT2D eigenvalue weighted by atomic mass is 10.1. The fourth-order valence-corrected chi connectivity index (χ4v) is 5.04. The summed E-state index contributed by atoms with van der Waals surface area (Å²) in [5.74, 6) is 0. The fraction of sp³-hybridized carbons (Fsp3) is 0.450. The van der Waals surface area contributed by atoms with Crippen LogP contribution in [0.2, 0.25) is 5.28 Å². The number of carbonyl (C=O) groups is 1. The second kappa shape index (κ2) is 8.49. The molecule has 1 aromatic heterocycles. The van der Waals surface area contributed by atoms with E-state index in [4.69, 9.17) is 16.3 Å². The molecule has 30 heavy (non-hydrogen) atoms. The third-order valence-corrected chi connectivity index (χ3v) is 6.77. The molecule has 162 valence electrons. The highest BCUT2D eigenvalue weighted by Crippen LogP contribution is 2.26. The summed E-state index contributed by atoms with van der Waals surface area (Å²) in [5.41, 5.74) is 0.559. The van der Waals surface area contributed by atoms with Crippen LogP contribution < -0.4 is 0 Å². The SMILES string of the molecule is C[C@H]1CN(C(=O)OC(C)(C)C)CCN1S(=O)(=O)c1cccc(-c2ccnc(Cl)n2)c1. The standard InChI is InChI=1S/C20H25ClN4O4S/c1-14-13-24(19(26)29-20(2,3)4)10-11-25(14)30(27,28)16-7-5-6-15(12-16)17-8-9-22-18(21)23-17/h5-9,12,14H,10-11,13H2,1-4H3/t14-/m0/s1. The van der Waals surface area contributed by atoms with Gasteiger partial charge in [-0.15, -0.1) is 0 Å². The van der Waals surface area contributed by atoms with Gasteiger partial charge in [-0.05, 0) is 57.5 Å². The van der Waals surface area contributed by atoms with Gasteiger partial charge in [0.05, 0.1) is 10.6 Å². The maximum absolute atomic E-state index is 13.3. The lowest BCUT2D eigenvalue weighted by Gasteiger charge is -2.39. The number of halogens is 1. The Labute approximate surface area is 181 Å². The summed E-state index contributed by atoms with van der Waals surface area (Å²) in [6.45, 7) is 7.88. The molecule has 0 saturated carbocycles. The third-order valence-electron chi connectivity index (χ3n) is 4.58. The third kappa shape index (κ3) is 5.08. The first-order valence-electron chi connectivity index (χ1n) is 9.56. The summed E-state index contributed by atoms with van der Waals surface area (Å²) < 4.78 is 33.4. The zero-order valence-corrected chi connectivity index (χ0v) is 18.9. The van der Waals surface area contributed by atoms with Crippen molar-refractivity contribution in [3.8, 4) is 11.3 Å². The Morgan fingerprint density at radius 3 is 2.60 bits per heavy atom. The number of ether oxygens (including phenoxy) is 1. The first-order valence-corrected chi connectivity index (χ1v) is 11.4. The van der Waals surface area contributed by atoms with Crippen molar-refractivity contribution in [2.45, 2.75) is 44.2 Å². The van der Waals surface area contributed by atoms with Gasteiger partial charge in [-0.1, -0.05) is 12.1 Å². The summed E-state index contributed by atoms with van der Waals surface area (Å²) >= 11 is 5.85. The van der Waals surface area contributed by atoms with Crippen molar-refractivity contribution in [3.63, 3.8) is 0 Å². The number of nitrogens with zero attached hydrogens (tertiary/aromatic N) is 4. The minimum Gasteiger partial charge on any atom is -0.444 e. The molecule has 0 spiro atoms. The number of amides is 1. The van der Waals surface area contributed by atoms with Crippen LogP contribution in [-0.4, -0.2) is 65.0 Å². The molecular weight excluding hydrogens is 428 g/mol. The molecule has 0 unspecified atom stereocenters. The van der Waals surface area contributed by atoms with Gasteiger partial charge in [-0.2, -0.15) is 4.31 Å². The molecule has 3 rings (SSSR count). The van der Waals surface area contributed by atoms with Crippen LogP contribution in [0.5, 0.6) is 0 Å². The zero-order valence-electron chi connectivity index (χ0n) is 17.4. The molecule has 0 aliphatic carbocycles. The van der Waals surface area contributed by atoms with E-state index in [1.165, 1.54) is 10.5 Å². The van der Waals surface area contributed by atoms with E-state index in [9.17, 15) is 13.2 Å². The minimum absolute atomic E-state index is 0.0904. The van der Waals surface area contributed by atoms with E-state index in [1.54, 1.807) is 62.9 Å². The molecule has 1 saturated heterocycles. The predicted octanol–water partition coefficient (Wildman–Crippen LogP) is 3.43. The average Bonchev–Trinajstić information content (AvgIpc) is 2.66. The van der Waals surface area contributed by atoms with Gasteiger partial charge in [0, 0.05) is 37.4 Å². The first kappa shape index (κ1) is 22.5. The molecule has 0 N–H and O–H groups in total. The molecule has 0 radical (unpaired) electrons. The molecule has 1 amide bonds. The van der Waals surface area contributed by atoms with Crippen molar-refractivity contribution in [1.82, 2.24) is 19.2 Å². The van der Waals surface area contributed by atoms with E-state index in [1.807, 2.05) is 0 Å². The summed E-state index contributed by atoms with van der Waals surface area (Å²) in [4.78, 5) is 22.0. The van der Waals surface area contributed by atoms with Crippen LogP contribution in [-0.2, 0) is 14.8 Å². The molecule has 8 nitrogen and oxygen atoms in total. The number of hydrogen-bond acceptors (Lipinski definition) is 6. The second-order valence-corrected chi connectivity index (χ2v) is 10.4. The molecule has 2 aromatic rings. The highest BCUT2D eigenvalue weighted by molar-refractivity contribution is 7.89. The van der Waals surface area contributed by atoms with Crippen LogP contribution in [0, 0.1) is 0 Å². The van der Waals surface area contributed by atoms with Gasteiger partial charge in [-0.25, -0.2) is 23.2 Å². The van der Waals surface area contributed by atoms with Crippen molar-refractivity contribution >= 4 is 27.7 Å². The monoisotopic (exact) mass is 452 g/mol. The molecule has 2 heterocycles. The van der Waals surface area contributed by atoms with Gasteiger partial charge in [0.25, 0.3) is 0 Å². The summed E-state index contributed by atoms with van der Waals surface area (Å²) in [5, 5.41) is 0.0904. The normalized spacial score (nSPS) is 18.3. The second-order valence-electron chi connectivity index (χ2n) is 8.13. The van der Waals surface area contributed by atoms with Crippen molar-refractivity contribution in [2.24, 2.45) is 0 Å². The Balaban J connectivity index is 1.80. The van der Waals surface area contributed by atoms with Gasteiger partial charge in [-0.3, -0.25) is 0 Å². The molecular formula is C20H25ClN4O4S. The molecule has 1 fully saturated rings. The van der Waals surface area contributed by atoms with Gasteiger partial charge < -0.3 is 9.64 Å². The summed E-state index contributed by atoms with van der Waals surface area (Å²) in [6, 6.07) is 7.82. The van der Waals surface area contributed by atoms with Crippen molar-refractivity contribution in [1.29, 1.82) is 0 Å². The van der Waals surface area contributed by atoms with Gasteiger partial charge in [0.1, 0.15) is 5.60 Å². The number of rotatable bonds is 3. The first-order chi connectivity index (χ1) is 14.0. The average molecular weight is 453 g/mol. The number of piperazine rings is 1. The van der Waals surface area contributed by atoms with Crippen molar-refractivity contribution in [3.05, 3.63) is 41.8 Å². The van der Waals surface area contributed by atoms with Crippen LogP contribution in [0.15, 0.2) is 41.4 Å². The van der Waals surface area contributed by atoms with Crippen molar-refractivity contribution in [2.75, 3.05) is 19.6 Å². The highest BCUT2D eigenvalue weighted by Gasteiger charge is 2.36. The lowest BCUT2D eigenvalue weighted by Crippen LogP contribution is -2.55. The number of hydrogen-bond donors (Lipinski definition) is 0. The van der Waals surface area contributed by atoms with Gasteiger partial charge in [0.2, 0.25) is 15.3 Å². The lowest BCUT2D eigenvalue weighted by molar-refractivity contribution is 0.0143. The number of carbonyl (C=O) groups excluding carboxylic acids is 1. The van der Waals surface area contributed by atoms with E-state index >= 15 is 0 Å². The number of sulfonamides is 1. The number of benzene rings is 1. The largest absolute Gasteiger partial charge is 0.444 e. The van der Waals surface area contributed by atoms with Crippen LogP contribution in [0.3, 0.4) is 0 Å². The Kier molecular flexibility index (Phi) is 6.35. The van der Waals surface area contributed by atoms with E-state index < -0.39 is 27.8 Å². The Morgan fingerprint density at radius 1 is 1.23 bits per heavy atom. The van der Waals surface area contributed by atoms with Crippen LogP contribution in [0.1, 0.15) is 27.7 Å². The van der Waals surface area contributed by atoms with E-state index in [0.29, 0.717) is 11.3 Å². The molecule has 10 heteroatoms. The van der Waals surface area contributed by atoms with Crippen LogP contribution in [0.25, 0.3) is 11.3 Å². The Morgan fingerprint density at radius 2 is 1.97 bits per heavy atom. The predicted molar refractivity (Wildman–Crippen MR) is 114 cm³/mol. The molecule has 1 aromatic carbocycles. The van der Waals surface area contributed by atoms with Crippen molar-refractivity contribution < 1.29 is 17.9 Å². The maximum Gasteiger partial charge on any atom is 0.410 e. The summed E-state index contributed by atoms with van der Waals surface area (Å²) in [7, 11) is -3.76. The Bertz CT molecular complexity index is 1040. The van der Waals surface area contributed by atoms with E-state index in [0.717, 1.165) is 0 Å². The zero-order chi connectivity index (χ0) is 22.1. The molecule has 0 bridgehead atoms. The van der Waals surface area contributed by atoms with Gasteiger partial charge in [0.15, 0.2) is 0 Å². The Hall–Kier alpha value is -2.23. The van der Waals surface area contributed by atoms with E-state index in [-0.39, 0.29) is 29.8 Å². The maximum atomic E-state index is 13.3. The summed E-state index contributed by atoms with van der Waals surface area (Å²) in [6.07, 6.45) is 1.08.